The van der Waals surface area contributed by atoms with Gasteiger partial charge in [-0.25, -0.2) is 0 Å². The first kappa shape index (κ1) is 23.1. The van der Waals surface area contributed by atoms with Gasteiger partial charge in [0.05, 0.1) is 0 Å². The van der Waals surface area contributed by atoms with Crippen LogP contribution in [0, 0.1) is 20.8 Å². The maximum Gasteiger partial charge on any atom is 0.00893 e. The molecule has 0 spiro atoms. The fourth-order valence-electron chi connectivity index (χ4n) is 4.83. The lowest BCUT2D eigenvalue weighted by Gasteiger charge is -2.24. The lowest BCUT2D eigenvalue weighted by atomic mass is 9.81. The first-order chi connectivity index (χ1) is 16.0. The molecular formula is C33H36. The van der Waals surface area contributed by atoms with E-state index < -0.39 is 0 Å². The summed E-state index contributed by atoms with van der Waals surface area (Å²) in [7, 11) is 0. The second kappa shape index (κ2) is 10.7. The summed E-state index contributed by atoms with van der Waals surface area (Å²) in [5.74, 6) is 0.868. The Morgan fingerprint density at radius 1 is 0.606 bits per heavy atom. The molecule has 0 fully saturated rings. The molecular weight excluding hydrogens is 396 g/mol. The van der Waals surface area contributed by atoms with Gasteiger partial charge in [-0.15, -0.1) is 0 Å². The van der Waals surface area contributed by atoms with E-state index in [4.69, 9.17) is 0 Å². The highest BCUT2D eigenvalue weighted by atomic mass is 14.2. The summed E-state index contributed by atoms with van der Waals surface area (Å²) >= 11 is 0. The number of hydrogen-bond donors (Lipinski definition) is 0. The molecule has 4 rings (SSSR count). The number of benzene rings is 3. The van der Waals surface area contributed by atoms with Crippen LogP contribution in [-0.4, -0.2) is 0 Å². The van der Waals surface area contributed by atoms with Crippen molar-refractivity contribution in [2.24, 2.45) is 0 Å². The molecule has 1 aliphatic carbocycles. The molecule has 0 saturated carbocycles. The molecule has 1 unspecified atom stereocenters. The Morgan fingerprint density at radius 3 is 1.45 bits per heavy atom. The van der Waals surface area contributed by atoms with Gasteiger partial charge in [-0.1, -0.05) is 126 Å². The smallest absolute Gasteiger partial charge is 0.00893 e. The van der Waals surface area contributed by atoms with Crippen LogP contribution in [0.15, 0.2) is 109 Å². The van der Waals surface area contributed by atoms with Gasteiger partial charge < -0.3 is 0 Å². The summed E-state index contributed by atoms with van der Waals surface area (Å²) in [5.41, 5.74) is 10.9. The van der Waals surface area contributed by atoms with Crippen molar-refractivity contribution in [2.75, 3.05) is 0 Å². The molecule has 0 aromatic heterocycles. The van der Waals surface area contributed by atoms with E-state index in [1.165, 1.54) is 50.9 Å². The Balaban J connectivity index is 1.55. The van der Waals surface area contributed by atoms with Crippen LogP contribution < -0.4 is 0 Å². The van der Waals surface area contributed by atoms with Crippen LogP contribution in [0.4, 0.5) is 0 Å². The molecule has 168 valence electrons. The molecule has 0 heterocycles. The van der Waals surface area contributed by atoms with Crippen LogP contribution in [0.3, 0.4) is 0 Å². The standard InChI is InChI=1S/C33H36/c1-24-8-16-28(17-9-24)32(29-18-10-25(2)11-19-29)6-5-7-33(30-20-12-26(3)13-21-30)31-22-14-27(4)15-23-31/h8,10-23,32-33H,1,5-7,9H2,2-4H3. The molecule has 1 aliphatic rings. The van der Waals surface area contributed by atoms with Gasteiger partial charge in [0, 0.05) is 11.8 Å². The van der Waals surface area contributed by atoms with Gasteiger partial charge in [-0.3, -0.25) is 0 Å². The number of allylic oxidation sites excluding steroid dienone is 5. The summed E-state index contributed by atoms with van der Waals surface area (Å²) in [6.07, 6.45) is 11.3. The van der Waals surface area contributed by atoms with Crippen molar-refractivity contribution in [2.45, 2.75) is 58.3 Å². The van der Waals surface area contributed by atoms with Crippen molar-refractivity contribution in [3.63, 3.8) is 0 Å². The van der Waals surface area contributed by atoms with Crippen LogP contribution in [0.2, 0.25) is 0 Å². The van der Waals surface area contributed by atoms with Gasteiger partial charge in [0.25, 0.3) is 0 Å². The van der Waals surface area contributed by atoms with Gasteiger partial charge in [-0.2, -0.15) is 0 Å². The Labute approximate surface area is 200 Å². The summed E-state index contributed by atoms with van der Waals surface area (Å²) < 4.78 is 0. The zero-order valence-electron chi connectivity index (χ0n) is 20.4. The lowest BCUT2D eigenvalue weighted by molar-refractivity contribution is 0.589. The molecule has 0 bridgehead atoms. The number of aryl methyl sites for hydroxylation is 3. The minimum absolute atomic E-state index is 0.431. The van der Waals surface area contributed by atoms with Crippen LogP contribution in [0.25, 0.3) is 0 Å². The monoisotopic (exact) mass is 432 g/mol. The van der Waals surface area contributed by atoms with Crippen LogP contribution >= 0.6 is 0 Å². The van der Waals surface area contributed by atoms with Gasteiger partial charge in [0.15, 0.2) is 0 Å². The lowest BCUT2D eigenvalue weighted by Crippen LogP contribution is -2.07. The number of rotatable bonds is 8. The molecule has 1 atom stereocenters. The highest BCUT2D eigenvalue weighted by Gasteiger charge is 2.19. The zero-order valence-corrected chi connectivity index (χ0v) is 20.4. The van der Waals surface area contributed by atoms with Crippen molar-refractivity contribution in [1.29, 1.82) is 0 Å². The average molecular weight is 433 g/mol. The molecule has 0 radical (unpaired) electrons. The summed E-state index contributed by atoms with van der Waals surface area (Å²) in [5, 5.41) is 0. The van der Waals surface area contributed by atoms with E-state index >= 15 is 0 Å². The molecule has 0 N–H and O–H groups in total. The minimum Gasteiger partial charge on any atom is -0.0955 e. The maximum absolute atomic E-state index is 4.13. The van der Waals surface area contributed by atoms with Crippen molar-refractivity contribution in [3.05, 3.63) is 142 Å². The Bertz CT molecular complexity index is 1080. The van der Waals surface area contributed by atoms with E-state index in [0.717, 1.165) is 19.3 Å². The Morgan fingerprint density at radius 2 is 1.03 bits per heavy atom. The van der Waals surface area contributed by atoms with Crippen LogP contribution in [-0.2, 0) is 0 Å². The third-order valence-corrected chi connectivity index (χ3v) is 6.94. The zero-order chi connectivity index (χ0) is 23.2. The maximum atomic E-state index is 4.13. The summed E-state index contributed by atoms with van der Waals surface area (Å²) in [6, 6.07) is 27.4. The second-order valence-electron chi connectivity index (χ2n) is 9.67. The van der Waals surface area contributed by atoms with E-state index in [-0.39, 0.29) is 0 Å². The quantitative estimate of drug-likeness (QED) is 0.333. The fraction of sp³-hybridized carbons (Fsp3) is 0.273. The number of hydrogen-bond acceptors (Lipinski definition) is 0. The second-order valence-corrected chi connectivity index (χ2v) is 9.67. The predicted molar refractivity (Wildman–Crippen MR) is 143 cm³/mol. The van der Waals surface area contributed by atoms with Gasteiger partial charge in [-0.05, 0) is 62.3 Å². The average Bonchev–Trinajstić information content (AvgIpc) is 2.82. The molecule has 3 aromatic carbocycles. The SMILES string of the molecule is C=C1C=CC(C(CCCC(c2ccc(C)cc2)c2ccc(C)cc2)c2ccc(C)cc2)=CC1. The van der Waals surface area contributed by atoms with E-state index in [9.17, 15) is 0 Å². The Kier molecular flexibility index (Phi) is 7.45. The predicted octanol–water partition coefficient (Wildman–Crippen LogP) is 9.14. The van der Waals surface area contributed by atoms with Crippen molar-refractivity contribution < 1.29 is 0 Å². The first-order valence-electron chi connectivity index (χ1n) is 12.3. The molecule has 33 heavy (non-hydrogen) atoms. The highest BCUT2D eigenvalue weighted by molar-refractivity contribution is 5.42. The van der Waals surface area contributed by atoms with Crippen molar-refractivity contribution in [3.8, 4) is 0 Å². The molecule has 0 amide bonds. The van der Waals surface area contributed by atoms with Gasteiger partial charge in [0.2, 0.25) is 0 Å². The van der Waals surface area contributed by atoms with Crippen LogP contribution in [0.1, 0.15) is 70.9 Å². The fourth-order valence-corrected chi connectivity index (χ4v) is 4.83. The van der Waals surface area contributed by atoms with Crippen molar-refractivity contribution in [1.82, 2.24) is 0 Å². The first-order valence-corrected chi connectivity index (χ1v) is 12.3. The van der Waals surface area contributed by atoms with E-state index in [1.807, 2.05) is 0 Å². The molecule has 3 aromatic rings. The molecule has 0 nitrogen and oxygen atoms in total. The Hall–Kier alpha value is -3.12. The largest absolute Gasteiger partial charge is 0.0955 e. The molecule has 0 saturated heterocycles. The minimum atomic E-state index is 0.431. The van der Waals surface area contributed by atoms with E-state index in [1.54, 1.807) is 0 Å². The van der Waals surface area contributed by atoms with Gasteiger partial charge in [0.1, 0.15) is 0 Å². The molecule has 0 aliphatic heterocycles. The van der Waals surface area contributed by atoms with Crippen molar-refractivity contribution >= 4 is 0 Å². The van der Waals surface area contributed by atoms with Crippen LogP contribution in [0.5, 0.6) is 0 Å². The molecule has 0 heteroatoms. The topological polar surface area (TPSA) is 0 Å². The summed E-state index contributed by atoms with van der Waals surface area (Å²) in [6.45, 7) is 10.6. The third kappa shape index (κ3) is 6.02. The normalized spacial score (nSPS) is 14.4. The summed E-state index contributed by atoms with van der Waals surface area (Å²) in [4.78, 5) is 0. The van der Waals surface area contributed by atoms with E-state index in [2.05, 4.69) is 118 Å². The van der Waals surface area contributed by atoms with E-state index in [0.29, 0.717) is 11.8 Å². The third-order valence-electron chi connectivity index (χ3n) is 6.94. The highest BCUT2D eigenvalue weighted by Crippen LogP contribution is 2.36. The van der Waals surface area contributed by atoms with Gasteiger partial charge >= 0.3 is 0 Å².